The number of nitrogens with two attached hydrogens (primary N) is 2. The van der Waals surface area contributed by atoms with Crippen LogP contribution in [-0.2, 0) is 14.3 Å². The number of rotatable bonds is 9. The number of hydrogen-bond acceptors (Lipinski definition) is 4. The second-order valence-corrected chi connectivity index (χ2v) is 4.99. The van der Waals surface area contributed by atoms with Gasteiger partial charge in [-0.2, -0.15) is 0 Å². The average molecular weight is 287 g/mol. The van der Waals surface area contributed by atoms with Gasteiger partial charge in [0.05, 0.1) is 13.0 Å². The van der Waals surface area contributed by atoms with Gasteiger partial charge in [0.25, 0.3) is 0 Å². The molecule has 0 aromatic carbocycles. The van der Waals surface area contributed by atoms with E-state index in [2.05, 4.69) is 18.8 Å². The maximum absolute atomic E-state index is 11.8. The minimum Gasteiger partial charge on any atom is -0.469 e. The summed E-state index contributed by atoms with van der Waals surface area (Å²) in [5.41, 5.74) is 10.4. The lowest BCUT2D eigenvalue weighted by molar-refractivity contribution is -0.147. The van der Waals surface area contributed by atoms with Gasteiger partial charge in [-0.25, -0.2) is 0 Å². The number of carbonyl (C=O) groups is 2. The number of esters is 1. The first kappa shape index (κ1) is 20.7. The number of methoxy groups -OCH3 is 1. The number of nitrogens with zero attached hydrogens (tertiary/aromatic N) is 1. The van der Waals surface area contributed by atoms with Gasteiger partial charge in [-0.05, 0) is 18.8 Å². The Kier molecular flexibility index (Phi) is 11.7. The third-order valence-corrected chi connectivity index (χ3v) is 2.78. The normalized spacial score (nSPS) is 11.4. The molecule has 0 saturated carbocycles. The van der Waals surface area contributed by atoms with Gasteiger partial charge in [-0.15, -0.1) is 0 Å². The molecule has 0 radical (unpaired) electrons. The zero-order valence-electron chi connectivity index (χ0n) is 12.0. The van der Waals surface area contributed by atoms with Crippen LogP contribution in [0.1, 0.15) is 47.0 Å². The van der Waals surface area contributed by atoms with E-state index in [0.29, 0.717) is 25.3 Å². The Morgan fingerprint density at radius 2 is 1.80 bits per heavy atom. The molecule has 0 aromatic heterocycles. The molecule has 20 heavy (non-hydrogen) atoms. The largest absolute Gasteiger partial charge is 0.469 e. The van der Waals surface area contributed by atoms with Gasteiger partial charge in [-0.3, -0.25) is 14.6 Å². The van der Waals surface area contributed by atoms with Crippen LogP contribution >= 0.6 is 0 Å². The summed E-state index contributed by atoms with van der Waals surface area (Å²) < 4.78 is 4.69. The third-order valence-electron chi connectivity index (χ3n) is 2.78. The molecule has 0 heterocycles. The highest BCUT2D eigenvalue weighted by Crippen LogP contribution is 2.15. The molecule has 0 aliphatic heterocycles. The number of ketones is 1. The monoisotopic (exact) mass is 287 g/mol. The Bertz CT molecular complexity index is 324. The van der Waals surface area contributed by atoms with Crippen LogP contribution < -0.4 is 11.5 Å². The van der Waals surface area contributed by atoms with Crippen LogP contribution in [0.15, 0.2) is 4.99 Å². The van der Waals surface area contributed by atoms with E-state index < -0.39 is 5.92 Å². The van der Waals surface area contributed by atoms with Gasteiger partial charge in [0, 0.05) is 19.4 Å². The SMILES string of the molecule is C.COC(=O)C(CCN=C(N)N)CC(=O)CCC(C)C. The van der Waals surface area contributed by atoms with E-state index >= 15 is 0 Å². The molecule has 0 fully saturated rings. The maximum atomic E-state index is 11.8. The highest BCUT2D eigenvalue weighted by Gasteiger charge is 2.22. The zero-order valence-corrected chi connectivity index (χ0v) is 12.0. The Hall–Kier alpha value is -1.59. The Labute approximate surface area is 122 Å². The van der Waals surface area contributed by atoms with Crippen molar-refractivity contribution >= 4 is 17.7 Å². The topological polar surface area (TPSA) is 108 Å². The number of carbonyl (C=O) groups excluding carboxylic acids is 2. The minimum absolute atomic E-state index is 0. The zero-order chi connectivity index (χ0) is 14.8. The molecule has 0 bridgehead atoms. The van der Waals surface area contributed by atoms with Gasteiger partial charge in [0.2, 0.25) is 0 Å². The molecule has 1 unspecified atom stereocenters. The number of hydrogen-bond donors (Lipinski definition) is 2. The summed E-state index contributed by atoms with van der Waals surface area (Å²) in [6.07, 6.45) is 1.94. The number of ether oxygens (including phenoxy) is 1. The molecule has 0 aliphatic rings. The van der Waals surface area contributed by atoms with Crippen molar-refractivity contribution in [2.45, 2.75) is 47.0 Å². The molecule has 0 aliphatic carbocycles. The fourth-order valence-electron chi connectivity index (χ4n) is 1.65. The molecule has 1 atom stereocenters. The summed E-state index contributed by atoms with van der Waals surface area (Å²) in [5.74, 6) is -0.317. The van der Waals surface area contributed by atoms with Crippen molar-refractivity contribution in [3.05, 3.63) is 0 Å². The van der Waals surface area contributed by atoms with E-state index in [1.165, 1.54) is 7.11 Å². The summed E-state index contributed by atoms with van der Waals surface area (Å²) in [6, 6.07) is 0. The van der Waals surface area contributed by atoms with Crippen molar-refractivity contribution in [2.75, 3.05) is 13.7 Å². The molecule has 6 heteroatoms. The van der Waals surface area contributed by atoms with E-state index in [1.54, 1.807) is 0 Å². The van der Waals surface area contributed by atoms with E-state index in [4.69, 9.17) is 16.2 Å². The Balaban J connectivity index is 0. The van der Waals surface area contributed by atoms with Crippen molar-refractivity contribution in [1.82, 2.24) is 0 Å². The van der Waals surface area contributed by atoms with E-state index in [-0.39, 0.29) is 31.6 Å². The van der Waals surface area contributed by atoms with Gasteiger partial charge >= 0.3 is 5.97 Å². The molecule has 0 amide bonds. The van der Waals surface area contributed by atoms with Gasteiger partial charge < -0.3 is 16.2 Å². The summed E-state index contributed by atoms with van der Waals surface area (Å²) in [5, 5.41) is 0. The molecular weight excluding hydrogens is 258 g/mol. The van der Waals surface area contributed by atoms with Gasteiger partial charge in [0.1, 0.15) is 5.78 Å². The molecule has 4 N–H and O–H groups in total. The number of Topliss-reactive ketones (excluding diaryl/α,β-unsaturated/α-hetero) is 1. The van der Waals surface area contributed by atoms with Crippen molar-refractivity contribution in [3.8, 4) is 0 Å². The van der Waals surface area contributed by atoms with Gasteiger partial charge in [-0.1, -0.05) is 21.3 Å². The van der Waals surface area contributed by atoms with Crippen LogP contribution in [0.4, 0.5) is 0 Å². The van der Waals surface area contributed by atoms with Crippen LogP contribution in [0.2, 0.25) is 0 Å². The average Bonchev–Trinajstić information content (AvgIpc) is 2.33. The first-order valence-electron chi connectivity index (χ1n) is 6.51. The van der Waals surface area contributed by atoms with E-state index in [9.17, 15) is 9.59 Å². The molecule has 0 spiro atoms. The maximum Gasteiger partial charge on any atom is 0.309 e. The quantitative estimate of drug-likeness (QED) is 0.379. The van der Waals surface area contributed by atoms with Crippen LogP contribution in [0.3, 0.4) is 0 Å². The summed E-state index contributed by atoms with van der Waals surface area (Å²) in [7, 11) is 1.31. The van der Waals surface area contributed by atoms with Crippen molar-refractivity contribution in [2.24, 2.45) is 28.3 Å². The highest BCUT2D eigenvalue weighted by molar-refractivity contribution is 5.84. The van der Waals surface area contributed by atoms with Crippen LogP contribution in [0, 0.1) is 11.8 Å². The molecule has 0 rings (SSSR count). The van der Waals surface area contributed by atoms with Crippen molar-refractivity contribution in [1.29, 1.82) is 0 Å². The molecule has 0 aromatic rings. The summed E-state index contributed by atoms with van der Waals surface area (Å²) in [6.45, 7) is 4.44. The lowest BCUT2D eigenvalue weighted by Crippen LogP contribution is -2.25. The lowest BCUT2D eigenvalue weighted by Gasteiger charge is -2.13. The second kappa shape index (κ2) is 11.3. The predicted octanol–water partition coefficient (Wildman–Crippen LogP) is 1.47. The molecular formula is C14H29N3O3. The lowest BCUT2D eigenvalue weighted by atomic mass is 9.95. The first-order chi connectivity index (χ1) is 8.86. The summed E-state index contributed by atoms with van der Waals surface area (Å²) in [4.78, 5) is 27.2. The number of aliphatic imine (C=N–C) groups is 1. The highest BCUT2D eigenvalue weighted by atomic mass is 16.5. The van der Waals surface area contributed by atoms with E-state index in [0.717, 1.165) is 6.42 Å². The van der Waals surface area contributed by atoms with Crippen molar-refractivity contribution in [3.63, 3.8) is 0 Å². The Morgan fingerprint density at radius 1 is 1.20 bits per heavy atom. The molecule has 6 nitrogen and oxygen atoms in total. The predicted molar refractivity (Wildman–Crippen MR) is 81.2 cm³/mol. The van der Waals surface area contributed by atoms with Crippen LogP contribution in [-0.4, -0.2) is 31.4 Å². The molecule has 0 saturated heterocycles. The van der Waals surface area contributed by atoms with E-state index in [1.807, 2.05) is 0 Å². The van der Waals surface area contributed by atoms with Crippen molar-refractivity contribution < 1.29 is 14.3 Å². The first-order valence-corrected chi connectivity index (χ1v) is 6.51. The van der Waals surface area contributed by atoms with Crippen LogP contribution in [0.5, 0.6) is 0 Å². The second-order valence-electron chi connectivity index (χ2n) is 4.99. The minimum atomic E-state index is -0.465. The van der Waals surface area contributed by atoms with Crippen LogP contribution in [0.25, 0.3) is 0 Å². The van der Waals surface area contributed by atoms with Gasteiger partial charge in [0.15, 0.2) is 5.96 Å². The Morgan fingerprint density at radius 3 is 2.25 bits per heavy atom. The summed E-state index contributed by atoms with van der Waals surface area (Å²) >= 11 is 0. The molecule has 118 valence electrons. The smallest absolute Gasteiger partial charge is 0.309 e. The third kappa shape index (κ3) is 10.3. The fraction of sp³-hybridized carbons (Fsp3) is 0.786. The number of guanidine groups is 1. The standard InChI is InChI=1S/C13H25N3O3.CH4/c1-9(2)4-5-11(17)8-10(12(18)19-3)6-7-16-13(14)15;/h9-10H,4-8H2,1-3H3,(H4,14,15,16);1H4. The fourth-order valence-corrected chi connectivity index (χ4v) is 1.65.